The van der Waals surface area contributed by atoms with Gasteiger partial charge in [-0.2, -0.15) is 10.5 Å². The predicted molar refractivity (Wildman–Crippen MR) is 75.0 cm³/mol. The van der Waals surface area contributed by atoms with Gasteiger partial charge in [-0.1, -0.05) is 12.1 Å². The third-order valence-corrected chi connectivity index (χ3v) is 2.98. The number of carboxylic acids is 1. The van der Waals surface area contributed by atoms with Crippen LogP contribution in [0.5, 0.6) is 0 Å². The van der Waals surface area contributed by atoms with Gasteiger partial charge < -0.3 is 9.52 Å². The number of hydrogen-bond donors (Lipinski definition) is 1. The Morgan fingerprint density at radius 1 is 1.24 bits per heavy atom. The summed E-state index contributed by atoms with van der Waals surface area (Å²) in [5.74, 6) is -0.155. The normalized spacial score (nSPS) is 9.48. The van der Waals surface area contributed by atoms with E-state index in [9.17, 15) is 4.79 Å². The molecular weight excluding hydrogens is 268 g/mol. The molecule has 0 radical (unpaired) electrons. The van der Waals surface area contributed by atoms with Crippen molar-refractivity contribution in [1.29, 1.82) is 10.5 Å². The SMILES string of the molecule is Cc1c(C(=O)O)cccc1-c1ccc(C=C(C#N)C#N)o1. The molecule has 21 heavy (non-hydrogen) atoms. The first kappa shape index (κ1) is 14.1. The van der Waals surface area contributed by atoms with Gasteiger partial charge in [0.1, 0.15) is 29.2 Å². The molecule has 5 nitrogen and oxygen atoms in total. The number of hydrogen-bond acceptors (Lipinski definition) is 4. The first-order valence-corrected chi connectivity index (χ1v) is 6.02. The van der Waals surface area contributed by atoms with Crippen LogP contribution in [0.25, 0.3) is 17.4 Å². The second-order valence-electron chi connectivity index (χ2n) is 4.27. The molecule has 1 aromatic heterocycles. The largest absolute Gasteiger partial charge is 0.478 e. The third kappa shape index (κ3) is 2.83. The van der Waals surface area contributed by atoms with Gasteiger partial charge in [-0.15, -0.1) is 0 Å². The van der Waals surface area contributed by atoms with E-state index in [0.717, 1.165) is 0 Å². The zero-order valence-corrected chi connectivity index (χ0v) is 11.1. The molecule has 1 N–H and O–H groups in total. The molecule has 0 saturated heterocycles. The van der Waals surface area contributed by atoms with E-state index in [1.807, 2.05) is 0 Å². The Morgan fingerprint density at radius 3 is 2.57 bits per heavy atom. The molecule has 0 fully saturated rings. The summed E-state index contributed by atoms with van der Waals surface area (Å²) in [7, 11) is 0. The second-order valence-corrected chi connectivity index (χ2v) is 4.27. The Bertz CT molecular complexity index is 801. The van der Waals surface area contributed by atoms with Crippen LogP contribution in [0.3, 0.4) is 0 Å². The minimum Gasteiger partial charge on any atom is -0.478 e. The van der Waals surface area contributed by atoms with Crippen LogP contribution in [0.4, 0.5) is 0 Å². The van der Waals surface area contributed by atoms with E-state index in [1.54, 1.807) is 43.3 Å². The van der Waals surface area contributed by atoms with Crippen LogP contribution in [-0.4, -0.2) is 11.1 Å². The third-order valence-electron chi connectivity index (χ3n) is 2.98. The number of nitriles is 2. The van der Waals surface area contributed by atoms with Crippen molar-refractivity contribution in [3.05, 3.63) is 52.8 Å². The van der Waals surface area contributed by atoms with Gasteiger partial charge in [-0.05, 0) is 30.7 Å². The fourth-order valence-electron chi connectivity index (χ4n) is 1.94. The van der Waals surface area contributed by atoms with Crippen molar-refractivity contribution in [2.24, 2.45) is 0 Å². The van der Waals surface area contributed by atoms with Gasteiger partial charge in [0.15, 0.2) is 0 Å². The van der Waals surface area contributed by atoms with E-state index in [0.29, 0.717) is 22.6 Å². The van der Waals surface area contributed by atoms with Crippen LogP contribution < -0.4 is 0 Å². The summed E-state index contributed by atoms with van der Waals surface area (Å²) in [5.41, 5.74) is 1.39. The van der Waals surface area contributed by atoms with E-state index in [2.05, 4.69) is 0 Å². The van der Waals surface area contributed by atoms with Crippen LogP contribution in [0.15, 0.2) is 40.3 Å². The molecule has 0 unspecified atom stereocenters. The van der Waals surface area contributed by atoms with E-state index >= 15 is 0 Å². The standard InChI is InChI=1S/C16H10N2O3/c1-10-13(3-2-4-14(10)16(19)20)15-6-5-12(21-15)7-11(8-17)9-18/h2-7H,1H3,(H,19,20). The van der Waals surface area contributed by atoms with Crippen molar-refractivity contribution in [3.8, 4) is 23.5 Å². The number of furan rings is 1. The first-order chi connectivity index (χ1) is 10.1. The molecule has 0 aliphatic rings. The number of benzene rings is 1. The van der Waals surface area contributed by atoms with Crippen molar-refractivity contribution in [3.63, 3.8) is 0 Å². The average Bonchev–Trinajstić information content (AvgIpc) is 2.93. The summed E-state index contributed by atoms with van der Waals surface area (Å²) >= 11 is 0. The van der Waals surface area contributed by atoms with Gasteiger partial charge >= 0.3 is 5.97 Å². The van der Waals surface area contributed by atoms with E-state index in [-0.39, 0.29) is 11.1 Å². The topological polar surface area (TPSA) is 98.0 Å². The second kappa shape index (κ2) is 5.77. The molecule has 102 valence electrons. The van der Waals surface area contributed by atoms with Crippen molar-refractivity contribution >= 4 is 12.0 Å². The Kier molecular flexibility index (Phi) is 3.87. The van der Waals surface area contributed by atoms with E-state index < -0.39 is 5.97 Å². The number of allylic oxidation sites excluding steroid dienone is 1. The molecule has 0 saturated carbocycles. The van der Waals surface area contributed by atoms with Gasteiger partial charge in [0.2, 0.25) is 0 Å². The zero-order valence-electron chi connectivity index (χ0n) is 11.1. The summed E-state index contributed by atoms with van der Waals surface area (Å²) < 4.78 is 5.55. The molecule has 0 bridgehead atoms. The molecule has 2 aromatic rings. The Morgan fingerprint density at radius 2 is 1.95 bits per heavy atom. The highest BCUT2D eigenvalue weighted by atomic mass is 16.4. The number of carbonyl (C=O) groups is 1. The molecule has 2 rings (SSSR count). The average molecular weight is 278 g/mol. The van der Waals surface area contributed by atoms with Gasteiger partial charge in [-0.3, -0.25) is 0 Å². The fraction of sp³-hybridized carbons (Fsp3) is 0.0625. The van der Waals surface area contributed by atoms with Crippen LogP contribution in [0.1, 0.15) is 21.7 Å². The molecular formula is C16H10N2O3. The molecule has 5 heteroatoms. The lowest BCUT2D eigenvalue weighted by Crippen LogP contribution is -2.00. The summed E-state index contributed by atoms with van der Waals surface area (Å²) in [6.45, 7) is 1.70. The smallest absolute Gasteiger partial charge is 0.335 e. The van der Waals surface area contributed by atoms with Crippen LogP contribution in [0, 0.1) is 29.6 Å². The quantitative estimate of drug-likeness (QED) is 0.868. The first-order valence-electron chi connectivity index (χ1n) is 6.02. The highest BCUT2D eigenvalue weighted by Crippen LogP contribution is 2.28. The van der Waals surface area contributed by atoms with Gasteiger partial charge in [-0.25, -0.2) is 4.79 Å². The minimum absolute atomic E-state index is 0.0630. The number of carboxylic acid groups (broad SMARTS) is 1. The summed E-state index contributed by atoms with van der Waals surface area (Å²) in [6, 6.07) is 11.7. The van der Waals surface area contributed by atoms with Crippen LogP contribution in [0.2, 0.25) is 0 Å². The molecule has 0 aliphatic heterocycles. The Balaban J connectivity index is 2.47. The monoisotopic (exact) mass is 278 g/mol. The van der Waals surface area contributed by atoms with Crippen molar-refractivity contribution < 1.29 is 14.3 Å². The lowest BCUT2D eigenvalue weighted by atomic mass is 10.0. The summed E-state index contributed by atoms with van der Waals surface area (Å²) in [5, 5.41) is 26.5. The van der Waals surface area contributed by atoms with Crippen molar-refractivity contribution in [1.82, 2.24) is 0 Å². The number of aromatic carboxylic acids is 1. The van der Waals surface area contributed by atoms with Gasteiger partial charge in [0.25, 0.3) is 0 Å². The number of rotatable bonds is 3. The van der Waals surface area contributed by atoms with Crippen LogP contribution in [-0.2, 0) is 0 Å². The molecule has 0 amide bonds. The van der Waals surface area contributed by atoms with E-state index in [4.69, 9.17) is 20.0 Å². The molecule has 0 atom stereocenters. The molecule has 0 aliphatic carbocycles. The van der Waals surface area contributed by atoms with Crippen LogP contribution >= 0.6 is 0 Å². The lowest BCUT2D eigenvalue weighted by molar-refractivity contribution is 0.0696. The van der Waals surface area contributed by atoms with E-state index in [1.165, 1.54) is 12.1 Å². The predicted octanol–water partition coefficient (Wildman–Crippen LogP) is 3.38. The molecule has 1 aromatic carbocycles. The lowest BCUT2D eigenvalue weighted by Gasteiger charge is -2.05. The zero-order chi connectivity index (χ0) is 15.4. The van der Waals surface area contributed by atoms with Crippen molar-refractivity contribution in [2.75, 3.05) is 0 Å². The minimum atomic E-state index is -1.00. The Hall–Kier alpha value is -3.31. The highest BCUT2D eigenvalue weighted by molar-refractivity contribution is 5.91. The molecule has 0 spiro atoms. The Labute approximate surface area is 121 Å². The maximum atomic E-state index is 11.1. The summed E-state index contributed by atoms with van der Waals surface area (Å²) in [6.07, 6.45) is 1.33. The highest BCUT2D eigenvalue weighted by Gasteiger charge is 2.13. The molecule has 1 heterocycles. The maximum Gasteiger partial charge on any atom is 0.335 e. The van der Waals surface area contributed by atoms with Crippen molar-refractivity contribution in [2.45, 2.75) is 6.92 Å². The van der Waals surface area contributed by atoms with Gasteiger partial charge in [0.05, 0.1) is 5.56 Å². The fourth-order valence-corrected chi connectivity index (χ4v) is 1.94. The summed E-state index contributed by atoms with van der Waals surface area (Å²) in [4.78, 5) is 11.1. The number of nitrogens with zero attached hydrogens (tertiary/aromatic N) is 2. The van der Waals surface area contributed by atoms with Gasteiger partial charge in [0, 0.05) is 11.6 Å². The maximum absolute atomic E-state index is 11.1.